The molecular formula is C15H22BrClN2O2. The largest absolute Gasteiger partial charge is 0.491 e. The number of morpholine rings is 1. The summed E-state index contributed by atoms with van der Waals surface area (Å²) in [6, 6.07) is 1.96. The number of hydrogen-bond acceptors (Lipinski definition) is 4. The zero-order chi connectivity index (χ0) is 15.2. The SMILES string of the molecule is Cc1c(Cl)cc(CCN)c(OCCN2CCOCC2)c1Br. The van der Waals surface area contributed by atoms with E-state index in [1.54, 1.807) is 0 Å². The standard InChI is InChI=1S/C15H22BrClN2O2/c1-11-13(17)10-12(2-3-18)15(14(11)16)21-9-6-19-4-7-20-8-5-19/h10H,2-9,18H2,1H3. The maximum absolute atomic E-state index is 6.23. The van der Waals surface area contributed by atoms with Gasteiger partial charge in [0.2, 0.25) is 0 Å². The lowest BCUT2D eigenvalue weighted by Gasteiger charge is -2.26. The fourth-order valence-corrected chi connectivity index (χ4v) is 3.26. The van der Waals surface area contributed by atoms with Gasteiger partial charge < -0.3 is 15.2 Å². The molecule has 0 unspecified atom stereocenters. The van der Waals surface area contributed by atoms with Crippen LogP contribution in [0, 0.1) is 6.92 Å². The first-order chi connectivity index (χ1) is 10.1. The number of rotatable bonds is 6. The minimum atomic E-state index is 0.575. The van der Waals surface area contributed by atoms with Crippen LogP contribution in [0.5, 0.6) is 5.75 Å². The lowest BCUT2D eigenvalue weighted by atomic mass is 10.1. The molecule has 0 spiro atoms. The van der Waals surface area contributed by atoms with E-state index in [1.807, 2.05) is 13.0 Å². The van der Waals surface area contributed by atoms with E-state index in [9.17, 15) is 0 Å². The molecule has 0 aromatic heterocycles. The monoisotopic (exact) mass is 376 g/mol. The molecule has 0 atom stereocenters. The quantitative estimate of drug-likeness (QED) is 0.828. The van der Waals surface area contributed by atoms with Crippen LogP contribution in [0.3, 0.4) is 0 Å². The summed E-state index contributed by atoms with van der Waals surface area (Å²) in [5.74, 6) is 0.871. The topological polar surface area (TPSA) is 47.7 Å². The van der Waals surface area contributed by atoms with Crippen molar-refractivity contribution in [3.05, 3.63) is 26.7 Å². The van der Waals surface area contributed by atoms with Crippen LogP contribution in [0.4, 0.5) is 0 Å². The second-order valence-electron chi connectivity index (χ2n) is 5.13. The summed E-state index contributed by atoms with van der Waals surface area (Å²) < 4.78 is 12.3. The van der Waals surface area contributed by atoms with Crippen molar-refractivity contribution >= 4 is 27.5 Å². The number of nitrogens with two attached hydrogens (primary N) is 1. The van der Waals surface area contributed by atoms with Gasteiger partial charge in [0.25, 0.3) is 0 Å². The molecule has 1 saturated heterocycles. The van der Waals surface area contributed by atoms with Crippen LogP contribution in [-0.4, -0.2) is 50.9 Å². The maximum atomic E-state index is 6.23. The van der Waals surface area contributed by atoms with E-state index in [0.717, 1.165) is 65.6 Å². The highest BCUT2D eigenvalue weighted by Crippen LogP contribution is 2.37. The summed E-state index contributed by atoms with van der Waals surface area (Å²) in [4.78, 5) is 2.35. The lowest BCUT2D eigenvalue weighted by Crippen LogP contribution is -2.38. The van der Waals surface area contributed by atoms with Crippen LogP contribution in [0.2, 0.25) is 5.02 Å². The first kappa shape index (κ1) is 17.0. The van der Waals surface area contributed by atoms with Crippen LogP contribution in [0.1, 0.15) is 11.1 Å². The molecule has 21 heavy (non-hydrogen) atoms. The molecule has 4 nitrogen and oxygen atoms in total. The van der Waals surface area contributed by atoms with E-state index in [0.29, 0.717) is 13.2 Å². The molecule has 0 saturated carbocycles. The van der Waals surface area contributed by atoms with Crippen LogP contribution in [0.15, 0.2) is 10.5 Å². The summed E-state index contributed by atoms with van der Waals surface area (Å²) in [5.41, 5.74) is 7.73. The molecule has 6 heteroatoms. The highest BCUT2D eigenvalue weighted by molar-refractivity contribution is 9.10. The Morgan fingerprint density at radius 2 is 2.14 bits per heavy atom. The Morgan fingerprint density at radius 3 is 2.81 bits per heavy atom. The van der Waals surface area contributed by atoms with Crippen molar-refractivity contribution in [2.75, 3.05) is 46.0 Å². The molecule has 1 aliphatic heterocycles. The van der Waals surface area contributed by atoms with Crippen LogP contribution in [-0.2, 0) is 11.2 Å². The van der Waals surface area contributed by atoms with Crippen LogP contribution in [0.25, 0.3) is 0 Å². The predicted octanol–water partition coefficient (Wildman–Crippen LogP) is 2.62. The van der Waals surface area contributed by atoms with E-state index in [-0.39, 0.29) is 0 Å². The molecule has 1 fully saturated rings. The predicted molar refractivity (Wildman–Crippen MR) is 89.4 cm³/mol. The van der Waals surface area contributed by atoms with E-state index in [1.165, 1.54) is 0 Å². The Balaban J connectivity index is 2.01. The average molecular weight is 378 g/mol. The number of halogens is 2. The zero-order valence-electron chi connectivity index (χ0n) is 12.3. The number of nitrogens with zero attached hydrogens (tertiary/aromatic N) is 1. The molecule has 0 amide bonds. The summed E-state index contributed by atoms with van der Waals surface area (Å²) >= 11 is 9.83. The molecule has 1 aliphatic rings. The van der Waals surface area contributed by atoms with Gasteiger partial charge in [0.05, 0.1) is 17.7 Å². The van der Waals surface area contributed by atoms with Gasteiger partial charge in [-0.05, 0) is 53.0 Å². The second kappa shape index (κ2) is 8.34. The molecule has 118 valence electrons. The Hall–Kier alpha value is -0.330. The summed E-state index contributed by atoms with van der Waals surface area (Å²) in [6.07, 6.45) is 0.755. The number of ether oxygens (including phenoxy) is 2. The summed E-state index contributed by atoms with van der Waals surface area (Å²) in [5, 5.41) is 0.742. The molecule has 1 heterocycles. The Kier molecular flexibility index (Phi) is 6.76. The smallest absolute Gasteiger partial charge is 0.137 e. The van der Waals surface area contributed by atoms with E-state index in [4.69, 9.17) is 26.8 Å². The molecular weight excluding hydrogens is 356 g/mol. The third-order valence-corrected chi connectivity index (χ3v) is 5.00. The lowest BCUT2D eigenvalue weighted by molar-refractivity contribution is 0.0321. The highest BCUT2D eigenvalue weighted by Gasteiger charge is 2.15. The van der Waals surface area contributed by atoms with E-state index < -0.39 is 0 Å². The van der Waals surface area contributed by atoms with Gasteiger partial charge in [-0.3, -0.25) is 4.90 Å². The van der Waals surface area contributed by atoms with Crippen molar-refractivity contribution in [1.29, 1.82) is 0 Å². The molecule has 2 rings (SSSR count). The molecule has 0 bridgehead atoms. The van der Waals surface area contributed by atoms with Crippen molar-refractivity contribution in [3.8, 4) is 5.75 Å². The molecule has 2 N–H and O–H groups in total. The maximum Gasteiger partial charge on any atom is 0.137 e. The van der Waals surface area contributed by atoms with Crippen molar-refractivity contribution in [1.82, 2.24) is 4.90 Å². The fourth-order valence-electron chi connectivity index (χ4n) is 2.34. The number of hydrogen-bond donors (Lipinski definition) is 1. The molecule has 0 aliphatic carbocycles. The Morgan fingerprint density at radius 1 is 1.43 bits per heavy atom. The zero-order valence-corrected chi connectivity index (χ0v) is 14.7. The van der Waals surface area contributed by atoms with Gasteiger partial charge in [0.15, 0.2) is 0 Å². The van der Waals surface area contributed by atoms with Gasteiger partial charge >= 0.3 is 0 Å². The minimum Gasteiger partial charge on any atom is -0.491 e. The van der Waals surface area contributed by atoms with Crippen LogP contribution < -0.4 is 10.5 Å². The Bertz CT molecular complexity index is 479. The van der Waals surface area contributed by atoms with E-state index >= 15 is 0 Å². The van der Waals surface area contributed by atoms with Crippen molar-refractivity contribution in [3.63, 3.8) is 0 Å². The third-order valence-electron chi connectivity index (χ3n) is 3.65. The normalized spacial score (nSPS) is 16.2. The van der Waals surface area contributed by atoms with E-state index in [2.05, 4.69) is 20.8 Å². The third kappa shape index (κ3) is 4.57. The van der Waals surface area contributed by atoms with Gasteiger partial charge in [-0.15, -0.1) is 0 Å². The molecule has 1 aromatic rings. The van der Waals surface area contributed by atoms with Crippen molar-refractivity contribution < 1.29 is 9.47 Å². The summed E-state index contributed by atoms with van der Waals surface area (Å²) in [6.45, 7) is 7.67. The molecule has 0 radical (unpaired) electrons. The van der Waals surface area contributed by atoms with Crippen LogP contribution >= 0.6 is 27.5 Å². The summed E-state index contributed by atoms with van der Waals surface area (Å²) in [7, 11) is 0. The Labute approximate surface area is 139 Å². The van der Waals surface area contributed by atoms with Gasteiger partial charge in [-0.25, -0.2) is 0 Å². The van der Waals surface area contributed by atoms with Gasteiger partial charge in [-0.2, -0.15) is 0 Å². The van der Waals surface area contributed by atoms with Gasteiger partial charge in [0.1, 0.15) is 12.4 Å². The van der Waals surface area contributed by atoms with Crippen molar-refractivity contribution in [2.45, 2.75) is 13.3 Å². The average Bonchev–Trinajstić information content (AvgIpc) is 2.49. The second-order valence-corrected chi connectivity index (χ2v) is 6.33. The minimum absolute atomic E-state index is 0.575. The van der Waals surface area contributed by atoms with Crippen molar-refractivity contribution in [2.24, 2.45) is 5.73 Å². The fraction of sp³-hybridized carbons (Fsp3) is 0.600. The van der Waals surface area contributed by atoms with Gasteiger partial charge in [0, 0.05) is 24.7 Å². The van der Waals surface area contributed by atoms with Gasteiger partial charge in [-0.1, -0.05) is 11.6 Å². The molecule has 1 aromatic carbocycles. The first-order valence-electron chi connectivity index (χ1n) is 7.24. The highest BCUT2D eigenvalue weighted by atomic mass is 79.9. The first-order valence-corrected chi connectivity index (χ1v) is 8.41. The number of benzene rings is 1.